The summed E-state index contributed by atoms with van der Waals surface area (Å²) in [6, 6.07) is 1.93. The lowest BCUT2D eigenvalue weighted by atomic mass is 9.98. The summed E-state index contributed by atoms with van der Waals surface area (Å²) in [7, 11) is 1.40. The Balaban J connectivity index is 2.09. The molecule has 1 saturated heterocycles. The van der Waals surface area contributed by atoms with Crippen molar-refractivity contribution in [1.82, 2.24) is 4.90 Å². The number of likely N-dealkylation sites (tertiary alicyclic amines) is 1. The lowest BCUT2D eigenvalue weighted by Crippen LogP contribution is -2.42. The van der Waals surface area contributed by atoms with E-state index in [-0.39, 0.29) is 17.8 Å². The first kappa shape index (κ1) is 14.1. The van der Waals surface area contributed by atoms with E-state index in [4.69, 9.17) is 4.74 Å². The largest absolute Gasteiger partial charge is 0.469 e. The Bertz CT molecular complexity index is 475. The van der Waals surface area contributed by atoms with Gasteiger partial charge in [0.25, 0.3) is 5.91 Å². The first-order chi connectivity index (χ1) is 9.02. The number of hydrogen-bond donors (Lipinski definition) is 0. The number of aryl methyl sites for hydroxylation is 2. The van der Waals surface area contributed by atoms with E-state index in [2.05, 4.69) is 0 Å². The molecular formula is C14H19NO3S. The van der Waals surface area contributed by atoms with Gasteiger partial charge in [0.15, 0.2) is 0 Å². The highest BCUT2D eigenvalue weighted by atomic mass is 32.1. The van der Waals surface area contributed by atoms with Crippen LogP contribution in [0.1, 0.15) is 33.0 Å². The molecule has 5 heteroatoms. The van der Waals surface area contributed by atoms with Gasteiger partial charge >= 0.3 is 5.97 Å². The lowest BCUT2D eigenvalue weighted by molar-refractivity contribution is -0.146. The van der Waals surface area contributed by atoms with Crippen LogP contribution < -0.4 is 0 Å². The quantitative estimate of drug-likeness (QED) is 0.782. The van der Waals surface area contributed by atoms with Crippen LogP contribution in [0.5, 0.6) is 0 Å². The maximum absolute atomic E-state index is 12.4. The molecule has 1 fully saturated rings. The van der Waals surface area contributed by atoms with Crippen molar-refractivity contribution in [1.29, 1.82) is 0 Å². The number of nitrogens with zero attached hydrogens (tertiary/aromatic N) is 1. The third kappa shape index (κ3) is 2.97. The molecule has 4 nitrogen and oxygen atoms in total. The van der Waals surface area contributed by atoms with Crippen LogP contribution in [0.15, 0.2) is 6.07 Å². The molecular weight excluding hydrogens is 262 g/mol. The minimum atomic E-state index is -0.212. The molecule has 1 aromatic rings. The number of ether oxygens (including phenoxy) is 1. The fourth-order valence-electron chi connectivity index (χ4n) is 2.36. The molecule has 0 saturated carbocycles. The van der Waals surface area contributed by atoms with Crippen molar-refractivity contribution in [2.24, 2.45) is 5.92 Å². The molecule has 104 valence electrons. The fraction of sp³-hybridized carbons (Fsp3) is 0.571. The summed E-state index contributed by atoms with van der Waals surface area (Å²) >= 11 is 1.52. The SMILES string of the molecule is COC(=O)C1CCCN(C(=O)c2cc(C)c(C)s2)C1. The smallest absolute Gasteiger partial charge is 0.310 e. The summed E-state index contributed by atoms with van der Waals surface area (Å²) in [4.78, 5) is 27.7. The predicted octanol–water partition coefficient (Wildman–Crippen LogP) is 2.39. The van der Waals surface area contributed by atoms with Crippen LogP contribution in [0.2, 0.25) is 0 Å². The fourth-order valence-corrected chi connectivity index (χ4v) is 3.36. The van der Waals surface area contributed by atoms with Crippen LogP contribution in [-0.4, -0.2) is 37.0 Å². The van der Waals surface area contributed by atoms with E-state index in [1.165, 1.54) is 23.3 Å². The average Bonchev–Trinajstić information content (AvgIpc) is 2.77. The Morgan fingerprint density at radius 1 is 1.42 bits per heavy atom. The van der Waals surface area contributed by atoms with Crippen molar-refractivity contribution >= 4 is 23.2 Å². The normalized spacial score (nSPS) is 19.3. The number of carbonyl (C=O) groups excluding carboxylic acids is 2. The number of amides is 1. The minimum Gasteiger partial charge on any atom is -0.469 e. The Morgan fingerprint density at radius 3 is 2.74 bits per heavy atom. The van der Waals surface area contributed by atoms with Crippen molar-refractivity contribution in [2.75, 3.05) is 20.2 Å². The number of piperidine rings is 1. The molecule has 1 aliphatic rings. The van der Waals surface area contributed by atoms with E-state index in [9.17, 15) is 9.59 Å². The molecule has 1 atom stereocenters. The molecule has 1 aliphatic heterocycles. The number of methoxy groups -OCH3 is 1. The molecule has 1 aromatic heterocycles. The number of esters is 1. The zero-order chi connectivity index (χ0) is 14.0. The van der Waals surface area contributed by atoms with E-state index in [1.54, 1.807) is 4.90 Å². The second-order valence-electron chi connectivity index (χ2n) is 4.96. The molecule has 0 spiro atoms. The molecule has 0 aromatic carbocycles. The Morgan fingerprint density at radius 2 is 2.16 bits per heavy atom. The van der Waals surface area contributed by atoms with Crippen molar-refractivity contribution in [2.45, 2.75) is 26.7 Å². The molecule has 2 rings (SSSR count). The predicted molar refractivity (Wildman–Crippen MR) is 74.4 cm³/mol. The Hall–Kier alpha value is -1.36. The van der Waals surface area contributed by atoms with Crippen LogP contribution in [-0.2, 0) is 9.53 Å². The number of thiophene rings is 1. The van der Waals surface area contributed by atoms with Gasteiger partial charge in [0, 0.05) is 18.0 Å². The van der Waals surface area contributed by atoms with Crippen LogP contribution >= 0.6 is 11.3 Å². The van der Waals surface area contributed by atoms with Gasteiger partial charge in [-0.2, -0.15) is 0 Å². The van der Waals surface area contributed by atoms with E-state index < -0.39 is 0 Å². The van der Waals surface area contributed by atoms with E-state index in [1.807, 2.05) is 19.9 Å². The average molecular weight is 281 g/mol. The van der Waals surface area contributed by atoms with Gasteiger partial charge in [-0.3, -0.25) is 9.59 Å². The van der Waals surface area contributed by atoms with Gasteiger partial charge in [0.05, 0.1) is 17.9 Å². The molecule has 0 radical (unpaired) electrons. The van der Waals surface area contributed by atoms with Gasteiger partial charge in [0.2, 0.25) is 0 Å². The molecule has 0 aliphatic carbocycles. The second-order valence-corrected chi connectivity index (χ2v) is 6.22. The topological polar surface area (TPSA) is 46.6 Å². The maximum atomic E-state index is 12.4. The van der Waals surface area contributed by atoms with Crippen LogP contribution in [0.3, 0.4) is 0 Å². The van der Waals surface area contributed by atoms with Gasteiger partial charge < -0.3 is 9.64 Å². The number of hydrogen-bond acceptors (Lipinski definition) is 4. The molecule has 19 heavy (non-hydrogen) atoms. The van der Waals surface area contributed by atoms with Crippen molar-refractivity contribution < 1.29 is 14.3 Å². The minimum absolute atomic E-state index is 0.0369. The maximum Gasteiger partial charge on any atom is 0.310 e. The first-order valence-electron chi connectivity index (χ1n) is 6.47. The summed E-state index contributed by atoms with van der Waals surface area (Å²) in [5.74, 6) is -0.351. The van der Waals surface area contributed by atoms with Gasteiger partial charge in [-0.15, -0.1) is 11.3 Å². The molecule has 0 bridgehead atoms. The number of carbonyl (C=O) groups is 2. The second kappa shape index (κ2) is 5.74. The number of rotatable bonds is 2. The van der Waals surface area contributed by atoms with Crippen molar-refractivity contribution in [3.63, 3.8) is 0 Å². The van der Waals surface area contributed by atoms with Crippen LogP contribution in [0.4, 0.5) is 0 Å². The van der Waals surface area contributed by atoms with Gasteiger partial charge in [0.1, 0.15) is 0 Å². The van der Waals surface area contributed by atoms with Crippen LogP contribution in [0.25, 0.3) is 0 Å². The zero-order valence-electron chi connectivity index (χ0n) is 11.6. The third-order valence-electron chi connectivity index (χ3n) is 3.62. The summed E-state index contributed by atoms with van der Waals surface area (Å²) in [5, 5.41) is 0. The Kier molecular flexibility index (Phi) is 4.24. The standard InChI is InChI=1S/C14H19NO3S/c1-9-7-12(19-10(9)2)13(16)15-6-4-5-11(8-15)14(17)18-3/h7,11H,4-6,8H2,1-3H3. The third-order valence-corrected chi connectivity index (χ3v) is 4.76. The highest BCUT2D eigenvalue weighted by Crippen LogP contribution is 2.25. The van der Waals surface area contributed by atoms with Crippen LogP contribution in [0, 0.1) is 19.8 Å². The lowest BCUT2D eigenvalue weighted by Gasteiger charge is -2.31. The highest BCUT2D eigenvalue weighted by Gasteiger charge is 2.30. The molecule has 1 amide bonds. The summed E-state index contributed by atoms with van der Waals surface area (Å²) < 4.78 is 4.77. The molecule has 1 unspecified atom stereocenters. The summed E-state index contributed by atoms with van der Waals surface area (Å²) in [5.41, 5.74) is 1.15. The first-order valence-corrected chi connectivity index (χ1v) is 7.28. The highest BCUT2D eigenvalue weighted by molar-refractivity contribution is 7.14. The molecule has 0 N–H and O–H groups in total. The monoisotopic (exact) mass is 281 g/mol. The summed E-state index contributed by atoms with van der Waals surface area (Å²) in [6.07, 6.45) is 1.66. The van der Waals surface area contributed by atoms with E-state index in [0.29, 0.717) is 6.54 Å². The Labute approximate surface area is 117 Å². The molecule has 2 heterocycles. The van der Waals surface area contributed by atoms with Gasteiger partial charge in [-0.05, 0) is 38.3 Å². The van der Waals surface area contributed by atoms with Gasteiger partial charge in [-0.1, -0.05) is 0 Å². The van der Waals surface area contributed by atoms with E-state index in [0.717, 1.165) is 29.8 Å². The van der Waals surface area contributed by atoms with Crippen molar-refractivity contribution in [3.05, 3.63) is 21.4 Å². The van der Waals surface area contributed by atoms with E-state index >= 15 is 0 Å². The summed E-state index contributed by atoms with van der Waals surface area (Å²) in [6.45, 7) is 5.23. The zero-order valence-corrected chi connectivity index (χ0v) is 12.4. The van der Waals surface area contributed by atoms with Gasteiger partial charge in [-0.25, -0.2) is 0 Å². The van der Waals surface area contributed by atoms with Crippen molar-refractivity contribution in [3.8, 4) is 0 Å².